The van der Waals surface area contributed by atoms with Crippen molar-refractivity contribution in [3.63, 3.8) is 0 Å². The van der Waals surface area contributed by atoms with Gasteiger partial charge in [-0.15, -0.1) is 0 Å². The second-order valence-corrected chi connectivity index (χ2v) is 3.51. The van der Waals surface area contributed by atoms with Gasteiger partial charge in [-0.05, 0) is 12.1 Å². The van der Waals surface area contributed by atoms with Gasteiger partial charge >= 0.3 is 0 Å². The third-order valence-corrected chi connectivity index (χ3v) is 2.63. The van der Waals surface area contributed by atoms with Crippen LogP contribution in [0.4, 0.5) is 0 Å². The van der Waals surface area contributed by atoms with Crippen molar-refractivity contribution >= 4 is 22.1 Å². The number of aromatic nitrogens is 4. The van der Waals surface area contributed by atoms with Gasteiger partial charge in [0.1, 0.15) is 11.0 Å². The fourth-order valence-electron chi connectivity index (χ4n) is 1.85. The van der Waals surface area contributed by atoms with E-state index in [9.17, 15) is 0 Å². The van der Waals surface area contributed by atoms with Crippen molar-refractivity contribution in [3.8, 4) is 6.01 Å². The van der Waals surface area contributed by atoms with Crippen molar-refractivity contribution in [2.24, 2.45) is 7.05 Å². The third kappa shape index (κ3) is 1.08. The largest absolute Gasteiger partial charge is 0.468 e. The van der Waals surface area contributed by atoms with E-state index in [1.807, 2.05) is 23.7 Å². The lowest BCUT2D eigenvalue weighted by molar-refractivity contribution is 0.368. The normalized spacial score (nSPS) is 11.1. The number of methoxy groups -OCH3 is 1. The van der Waals surface area contributed by atoms with Gasteiger partial charge in [0.2, 0.25) is 0 Å². The highest BCUT2D eigenvalue weighted by atomic mass is 16.5. The molecule has 0 N–H and O–H groups in total. The molecular formula is C11H10N4O. The molecule has 5 heteroatoms. The predicted molar refractivity (Wildman–Crippen MR) is 60.4 cm³/mol. The van der Waals surface area contributed by atoms with Crippen LogP contribution >= 0.6 is 0 Å². The maximum absolute atomic E-state index is 5.18. The van der Waals surface area contributed by atoms with Crippen molar-refractivity contribution in [1.82, 2.24) is 19.5 Å². The van der Waals surface area contributed by atoms with Gasteiger partial charge in [0.15, 0.2) is 0 Å². The number of fused-ring (bicyclic) bond motifs is 3. The van der Waals surface area contributed by atoms with E-state index in [-0.39, 0.29) is 0 Å². The van der Waals surface area contributed by atoms with E-state index in [1.165, 1.54) is 0 Å². The highest BCUT2D eigenvalue weighted by Gasteiger charge is 2.11. The van der Waals surface area contributed by atoms with Crippen molar-refractivity contribution in [2.75, 3.05) is 7.11 Å². The Balaban J connectivity index is 2.51. The molecule has 2 heterocycles. The Kier molecular flexibility index (Phi) is 1.80. The predicted octanol–water partition coefficient (Wildman–Crippen LogP) is 1.53. The Morgan fingerprint density at radius 2 is 1.94 bits per heavy atom. The summed E-state index contributed by atoms with van der Waals surface area (Å²) in [5.41, 5.74) is 3.46. The number of ether oxygens (including phenoxy) is 1. The highest BCUT2D eigenvalue weighted by Crippen LogP contribution is 2.24. The van der Waals surface area contributed by atoms with Gasteiger partial charge < -0.3 is 4.74 Å². The molecule has 0 aliphatic heterocycles. The van der Waals surface area contributed by atoms with Crippen molar-refractivity contribution in [1.29, 1.82) is 0 Å². The van der Waals surface area contributed by atoms with E-state index in [2.05, 4.69) is 15.0 Å². The third-order valence-electron chi connectivity index (χ3n) is 2.63. The number of hydrogen-bond acceptors (Lipinski definition) is 4. The second-order valence-electron chi connectivity index (χ2n) is 3.51. The van der Waals surface area contributed by atoms with Crippen LogP contribution in [0.5, 0.6) is 6.01 Å². The zero-order valence-electron chi connectivity index (χ0n) is 9.01. The molecule has 0 aliphatic rings. The van der Waals surface area contributed by atoms with Crippen molar-refractivity contribution < 1.29 is 4.74 Å². The summed E-state index contributed by atoms with van der Waals surface area (Å²) in [5, 5.41) is 0. The number of imidazole rings is 1. The fourth-order valence-corrected chi connectivity index (χ4v) is 1.85. The van der Waals surface area contributed by atoms with Crippen LogP contribution in [-0.2, 0) is 7.05 Å². The molecule has 0 bridgehead atoms. The minimum atomic E-state index is 0.577. The maximum Gasteiger partial charge on any atom is 0.296 e. The Morgan fingerprint density at radius 3 is 2.75 bits per heavy atom. The molecule has 0 radical (unpaired) electrons. The molecule has 3 aromatic rings. The number of rotatable bonds is 1. The van der Waals surface area contributed by atoms with E-state index < -0.39 is 0 Å². The summed E-state index contributed by atoms with van der Waals surface area (Å²) in [6.45, 7) is 0. The Bertz CT molecular complexity index is 674. The van der Waals surface area contributed by atoms with Gasteiger partial charge in [-0.3, -0.25) is 14.5 Å². The van der Waals surface area contributed by atoms with Crippen LogP contribution in [0.25, 0.3) is 22.1 Å². The van der Waals surface area contributed by atoms with Gasteiger partial charge in [-0.1, -0.05) is 0 Å². The van der Waals surface area contributed by atoms with Crippen molar-refractivity contribution in [2.45, 2.75) is 0 Å². The lowest BCUT2D eigenvalue weighted by Gasteiger charge is -1.99. The van der Waals surface area contributed by atoms with E-state index >= 15 is 0 Å². The lowest BCUT2D eigenvalue weighted by atomic mass is 10.2. The number of hydrogen-bond donors (Lipinski definition) is 0. The lowest BCUT2D eigenvalue weighted by Crippen LogP contribution is -1.93. The van der Waals surface area contributed by atoms with Gasteiger partial charge in [0, 0.05) is 19.4 Å². The zero-order chi connectivity index (χ0) is 11.1. The van der Waals surface area contributed by atoms with Crippen LogP contribution in [0.15, 0.2) is 24.5 Å². The van der Waals surface area contributed by atoms with Crippen molar-refractivity contribution in [3.05, 3.63) is 24.5 Å². The molecule has 0 spiro atoms. The molecule has 0 fully saturated rings. The van der Waals surface area contributed by atoms with Gasteiger partial charge in [-0.2, -0.15) is 4.98 Å². The molecule has 5 nitrogen and oxygen atoms in total. The molecular weight excluding hydrogens is 204 g/mol. The minimum Gasteiger partial charge on any atom is -0.468 e. The van der Waals surface area contributed by atoms with E-state index in [0.717, 1.165) is 22.1 Å². The first-order valence-electron chi connectivity index (χ1n) is 4.91. The number of aryl methyl sites for hydroxylation is 1. The topological polar surface area (TPSA) is 52.8 Å². The molecule has 0 saturated carbocycles. The SMILES string of the molecule is COc1nc2c3nccnc3ccc2n1C. The molecule has 0 amide bonds. The van der Waals surface area contributed by atoms with Crippen LogP contribution < -0.4 is 4.74 Å². The molecule has 0 saturated heterocycles. The standard InChI is InChI=1S/C11H10N4O/c1-15-8-4-3-7-9(13-6-5-12-7)10(8)14-11(15)16-2/h3-6H,1-2H3. The maximum atomic E-state index is 5.18. The van der Waals surface area contributed by atoms with Crippen LogP contribution in [-0.4, -0.2) is 26.6 Å². The van der Waals surface area contributed by atoms with Crippen LogP contribution in [0.2, 0.25) is 0 Å². The fraction of sp³-hybridized carbons (Fsp3) is 0.182. The number of benzene rings is 1. The van der Waals surface area contributed by atoms with Gasteiger partial charge in [0.05, 0.1) is 18.1 Å². The summed E-state index contributed by atoms with van der Waals surface area (Å²) in [5.74, 6) is 0. The molecule has 16 heavy (non-hydrogen) atoms. The molecule has 80 valence electrons. The molecule has 0 unspecified atom stereocenters. The Hall–Kier alpha value is -2.17. The van der Waals surface area contributed by atoms with Crippen LogP contribution in [0.1, 0.15) is 0 Å². The molecule has 3 rings (SSSR count). The quantitative estimate of drug-likeness (QED) is 0.616. The van der Waals surface area contributed by atoms with Crippen LogP contribution in [0, 0.1) is 0 Å². The average molecular weight is 214 g/mol. The van der Waals surface area contributed by atoms with E-state index in [4.69, 9.17) is 4.74 Å². The summed E-state index contributed by atoms with van der Waals surface area (Å²) in [6, 6.07) is 4.49. The summed E-state index contributed by atoms with van der Waals surface area (Å²) in [6.07, 6.45) is 3.34. The Labute approximate surface area is 91.7 Å². The minimum absolute atomic E-state index is 0.577. The summed E-state index contributed by atoms with van der Waals surface area (Å²) < 4.78 is 7.07. The molecule has 1 aromatic carbocycles. The van der Waals surface area contributed by atoms with E-state index in [1.54, 1.807) is 19.5 Å². The summed E-state index contributed by atoms with van der Waals surface area (Å²) in [7, 11) is 3.52. The second kappa shape index (κ2) is 3.16. The van der Waals surface area contributed by atoms with Gasteiger partial charge in [0.25, 0.3) is 6.01 Å². The molecule has 0 atom stereocenters. The van der Waals surface area contributed by atoms with Crippen LogP contribution in [0.3, 0.4) is 0 Å². The molecule has 2 aromatic heterocycles. The highest BCUT2D eigenvalue weighted by molar-refractivity contribution is 6.00. The molecule has 0 aliphatic carbocycles. The Morgan fingerprint density at radius 1 is 1.12 bits per heavy atom. The smallest absolute Gasteiger partial charge is 0.296 e. The summed E-state index contributed by atoms with van der Waals surface area (Å²) in [4.78, 5) is 12.9. The van der Waals surface area contributed by atoms with E-state index in [0.29, 0.717) is 6.01 Å². The first kappa shape index (κ1) is 9.08. The zero-order valence-corrected chi connectivity index (χ0v) is 9.01. The first-order chi connectivity index (χ1) is 7.81. The number of nitrogens with zero attached hydrogens (tertiary/aromatic N) is 4. The first-order valence-corrected chi connectivity index (χ1v) is 4.91. The monoisotopic (exact) mass is 214 g/mol. The average Bonchev–Trinajstić information content (AvgIpc) is 2.67. The van der Waals surface area contributed by atoms with Gasteiger partial charge in [-0.25, -0.2) is 0 Å². The summed E-state index contributed by atoms with van der Waals surface area (Å²) >= 11 is 0.